The molecule has 190 valence electrons. The molecule has 0 radical (unpaired) electrons. The summed E-state index contributed by atoms with van der Waals surface area (Å²) >= 11 is 0. The molecule has 0 aliphatic heterocycles. The Labute approximate surface area is 215 Å². The summed E-state index contributed by atoms with van der Waals surface area (Å²) in [5.41, 5.74) is 7.80. The topological polar surface area (TPSA) is 64.5 Å². The van der Waals surface area contributed by atoms with Crippen LogP contribution in [0.2, 0.25) is 0 Å². The second-order valence-electron chi connectivity index (χ2n) is 11.2. The van der Waals surface area contributed by atoms with Crippen LogP contribution in [0.4, 0.5) is 0 Å². The highest BCUT2D eigenvalue weighted by molar-refractivity contribution is 8.77. The third-order valence-corrected chi connectivity index (χ3v) is 8.63. The first kappa shape index (κ1) is 29.2. The maximum atomic E-state index is 9.89. The van der Waals surface area contributed by atoms with Crippen LogP contribution in [0.3, 0.4) is 0 Å². The molecular formula is C28H44N2O2S2. The summed E-state index contributed by atoms with van der Waals surface area (Å²) in [5.74, 6) is 0. The van der Waals surface area contributed by atoms with Gasteiger partial charge >= 0.3 is 0 Å². The molecule has 2 atom stereocenters. The van der Waals surface area contributed by atoms with Gasteiger partial charge in [-0.2, -0.15) is 0 Å². The van der Waals surface area contributed by atoms with Crippen molar-refractivity contribution in [2.24, 2.45) is 0 Å². The van der Waals surface area contributed by atoms with Crippen LogP contribution in [0.5, 0.6) is 0 Å². The van der Waals surface area contributed by atoms with E-state index in [0.29, 0.717) is 13.1 Å². The van der Waals surface area contributed by atoms with Gasteiger partial charge in [-0.1, -0.05) is 111 Å². The molecule has 0 aliphatic carbocycles. The third-order valence-electron chi connectivity index (χ3n) is 5.69. The first-order valence-corrected chi connectivity index (χ1v) is 14.3. The Balaban J connectivity index is 1.91. The second kappa shape index (κ2) is 12.8. The molecule has 0 saturated heterocycles. The number of aliphatic hydroxyl groups excluding tert-OH is 2. The zero-order chi connectivity index (χ0) is 25.5. The molecule has 4 nitrogen and oxygen atoms in total. The van der Waals surface area contributed by atoms with Gasteiger partial charge in [-0.3, -0.25) is 10.6 Å². The first-order valence-electron chi connectivity index (χ1n) is 12.0. The Morgan fingerprint density at radius 1 is 0.647 bits per heavy atom. The number of hydrogen-bond donors (Lipinski definition) is 4. The number of aliphatic hydroxyl groups is 2. The molecular weight excluding hydrogens is 460 g/mol. The van der Waals surface area contributed by atoms with E-state index < -0.39 is 0 Å². The fourth-order valence-electron chi connectivity index (χ4n) is 3.65. The second-order valence-corrected chi connectivity index (χ2v) is 13.9. The van der Waals surface area contributed by atoms with Gasteiger partial charge in [0.2, 0.25) is 0 Å². The van der Waals surface area contributed by atoms with Crippen molar-refractivity contribution >= 4 is 21.6 Å². The van der Waals surface area contributed by atoms with Crippen molar-refractivity contribution in [2.45, 2.75) is 90.1 Å². The lowest BCUT2D eigenvalue weighted by Gasteiger charge is -2.23. The van der Waals surface area contributed by atoms with Gasteiger partial charge in [-0.15, -0.1) is 0 Å². The van der Waals surface area contributed by atoms with E-state index in [1.807, 2.05) is 0 Å². The van der Waals surface area contributed by atoms with Crippen molar-refractivity contribution in [1.29, 1.82) is 0 Å². The molecule has 34 heavy (non-hydrogen) atoms. The standard InChI is InChI=1S/C28H44N2O2S2/c1-19-9-21(13-23(11-19)27(3,4)5)15-29-25(17-31)33-34-26(18-32)30-16-22-10-20(2)12-24(14-22)28(6,7)8/h9-14,25-26,29-32H,15-18H2,1-8H3. The van der Waals surface area contributed by atoms with Crippen LogP contribution in [0.15, 0.2) is 36.4 Å². The summed E-state index contributed by atoms with van der Waals surface area (Å²) in [4.78, 5) is 0. The molecule has 0 heterocycles. The van der Waals surface area contributed by atoms with E-state index in [1.165, 1.54) is 33.4 Å². The van der Waals surface area contributed by atoms with Gasteiger partial charge < -0.3 is 10.2 Å². The summed E-state index contributed by atoms with van der Waals surface area (Å²) < 4.78 is 0. The van der Waals surface area contributed by atoms with Crippen molar-refractivity contribution in [3.05, 3.63) is 69.8 Å². The fraction of sp³-hybridized carbons (Fsp3) is 0.571. The van der Waals surface area contributed by atoms with Gasteiger partial charge in [-0.05, 0) is 46.9 Å². The van der Waals surface area contributed by atoms with E-state index in [9.17, 15) is 10.2 Å². The number of aryl methyl sites for hydroxylation is 2. The quantitative estimate of drug-likeness (QED) is 0.229. The van der Waals surface area contributed by atoms with Crippen LogP contribution < -0.4 is 10.6 Å². The minimum absolute atomic E-state index is 0.0284. The van der Waals surface area contributed by atoms with Crippen LogP contribution >= 0.6 is 21.6 Å². The predicted molar refractivity (Wildman–Crippen MR) is 150 cm³/mol. The molecule has 0 aliphatic rings. The maximum absolute atomic E-state index is 9.89. The van der Waals surface area contributed by atoms with E-state index in [4.69, 9.17) is 0 Å². The van der Waals surface area contributed by atoms with Crippen molar-refractivity contribution in [1.82, 2.24) is 10.6 Å². The Morgan fingerprint density at radius 2 is 1.00 bits per heavy atom. The lowest BCUT2D eigenvalue weighted by molar-refractivity contribution is 0.278. The highest BCUT2D eigenvalue weighted by Gasteiger charge is 2.18. The van der Waals surface area contributed by atoms with Crippen LogP contribution in [0.1, 0.15) is 74.9 Å². The van der Waals surface area contributed by atoms with Gasteiger partial charge in [0.1, 0.15) is 0 Å². The lowest BCUT2D eigenvalue weighted by Crippen LogP contribution is -2.32. The van der Waals surface area contributed by atoms with Gasteiger partial charge in [0, 0.05) is 13.1 Å². The predicted octanol–water partition coefficient (Wildman–Crippen LogP) is 5.80. The summed E-state index contributed by atoms with van der Waals surface area (Å²) in [7, 11) is 3.13. The first-order chi connectivity index (χ1) is 15.8. The SMILES string of the molecule is Cc1cc(CNC(CO)SSC(CO)NCc2cc(C)cc(C(C)(C)C)c2)cc(C(C)(C)C)c1. The number of hydrogen-bond acceptors (Lipinski definition) is 6. The normalized spacial score (nSPS) is 14.3. The van der Waals surface area contributed by atoms with Crippen LogP contribution in [0.25, 0.3) is 0 Å². The van der Waals surface area contributed by atoms with Gasteiger partial charge in [0.25, 0.3) is 0 Å². The van der Waals surface area contributed by atoms with Crippen LogP contribution in [0, 0.1) is 13.8 Å². The van der Waals surface area contributed by atoms with E-state index >= 15 is 0 Å². The summed E-state index contributed by atoms with van der Waals surface area (Å²) in [6, 6.07) is 13.4. The summed E-state index contributed by atoms with van der Waals surface area (Å²) in [5, 5.41) is 26.5. The van der Waals surface area contributed by atoms with E-state index in [-0.39, 0.29) is 34.8 Å². The van der Waals surface area contributed by atoms with Crippen LogP contribution in [-0.4, -0.2) is 34.2 Å². The average Bonchev–Trinajstić information content (AvgIpc) is 2.73. The molecule has 2 unspecified atom stereocenters. The van der Waals surface area contributed by atoms with Gasteiger partial charge in [-0.25, -0.2) is 0 Å². The van der Waals surface area contributed by atoms with Gasteiger partial charge in [0.15, 0.2) is 0 Å². The lowest BCUT2D eigenvalue weighted by atomic mass is 9.85. The minimum Gasteiger partial charge on any atom is -0.394 e. The molecule has 2 rings (SSSR count). The zero-order valence-corrected chi connectivity index (χ0v) is 23.8. The van der Waals surface area contributed by atoms with Crippen molar-refractivity contribution in [3.8, 4) is 0 Å². The van der Waals surface area contributed by atoms with E-state index in [2.05, 4.69) is 102 Å². The van der Waals surface area contributed by atoms with E-state index in [0.717, 1.165) is 0 Å². The molecule has 2 aromatic carbocycles. The highest BCUT2D eigenvalue weighted by atomic mass is 33.1. The van der Waals surface area contributed by atoms with Gasteiger partial charge in [0.05, 0.1) is 24.0 Å². The third kappa shape index (κ3) is 9.56. The smallest absolute Gasteiger partial charge is 0.0874 e. The van der Waals surface area contributed by atoms with E-state index in [1.54, 1.807) is 21.6 Å². The van der Waals surface area contributed by atoms with Crippen LogP contribution in [-0.2, 0) is 23.9 Å². The summed E-state index contributed by atoms with van der Waals surface area (Å²) in [6.07, 6.45) is 0. The highest BCUT2D eigenvalue weighted by Crippen LogP contribution is 2.30. The molecule has 0 fully saturated rings. The molecule has 6 heteroatoms. The Morgan fingerprint density at radius 3 is 1.29 bits per heavy atom. The fourth-order valence-corrected chi connectivity index (χ4v) is 5.92. The molecule has 0 saturated carbocycles. The minimum atomic E-state index is -0.120. The number of benzene rings is 2. The molecule has 0 amide bonds. The molecule has 2 aromatic rings. The number of nitrogens with one attached hydrogen (secondary N) is 2. The maximum Gasteiger partial charge on any atom is 0.0874 e. The van der Waals surface area contributed by atoms with Crippen molar-refractivity contribution < 1.29 is 10.2 Å². The molecule has 0 bridgehead atoms. The monoisotopic (exact) mass is 504 g/mol. The Bertz CT molecular complexity index is 844. The Kier molecular flexibility index (Phi) is 11.0. The molecule has 4 N–H and O–H groups in total. The zero-order valence-electron chi connectivity index (χ0n) is 22.2. The number of rotatable bonds is 11. The molecule has 0 spiro atoms. The van der Waals surface area contributed by atoms with Crippen molar-refractivity contribution in [3.63, 3.8) is 0 Å². The average molecular weight is 505 g/mol. The van der Waals surface area contributed by atoms with Crippen molar-refractivity contribution in [2.75, 3.05) is 13.2 Å². The largest absolute Gasteiger partial charge is 0.394 e. The molecule has 0 aromatic heterocycles. The summed E-state index contributed by atoms with van der Waals surface area (Å²) in [6.45, 7) is 19.1. The Hall–Kier alpha value is -1.02.